The first-order chi connectivity index (χ1) is 9.99. The third-order valence-corrected chi connectivity index (χ3v) is 5.41. The first kappa shape index (κ1) is 14.2. The van der Waals surface area contributed by atoms with Crippen LogP contribution in [0.25, 0.3) is 0 Å². The molecule has 0 unspecified atom stereocenters. The Morgan fingerprint density at radius 1 is 1.43 bits per heavy atom. The molecule has 2 aromatic heterocycles. The fraction of sp³-hybridized carbons (Fsp3) is 0.583. The molecule has 0 fully saturated rings. The topological polar surface area (TPSA) is 94.1 Å². The minimum atomic E-state index is -3.30. The van der Waals surface area contributed by atoms with Crippen molar-refractivity contribution in [3.8, 4) is 0 Å². The van der Waals surface area contributed by atoms with Crippen LogP contribution in [0.4, 0.5) is 0 Å². The summed E-state index contributed by atoms with van der Waals surface area (Å²) in [4.78, 5) is 4.24. The Hall–Kier alpha value is -1.74. The van der Waals surface area contributed by atoms with Gasteiger partial charge in [-0.3, -0.25) is 4.68 Å². The van der Waals surface area contributed by atoms with Crippen LogP contribution in [0.5, 0.6) is 0 Å². The van der Waals surface area contributed by atoms with Gasteiger partial charge in [0.2, 0.25) is 15.9 Å². The van der Waals surface area contributed by atoms with Gasteiger partial charge in [0.25, 0.3) is 0 Å². The number of hydrogen-bond acceptors (Lipinski definition) is 6. The standard InChI is InChI=1S/C12H17N5O3S/c1-3-21(18,19)16-6-10(12-14-9(2)15-20-12)7-17-11(8-16)4-5-13-17/h4-5,10H,3,6-8H2,1-2H3/t10-/m1/s1. The molecule has 1 aliphatic rings. The average Bonchev–Trinajstić information content (AvgIpc) is 3.03. The van der Waals surface area contributed by atoms with Crippen LogP contribution in [0.15, 0.2) is 16.8 Å². The lowest BCUT2D eigenvalue weighted by Crippen LogP contribution is -2.34. The van der Waals surface area contributed by atoms with Gasteiger partial charge in [-0.05, 0) is 19.9 Å². The van der Waals surface area contributed by atoms with E-state index in [0.29, 0.717) is 31.3 Å². The zero-order valence-corrected chi connectivity index (χ0v) is 12.7. The predicted octanol–water partition coefficient (Wildman–Crippen LogP) is 0.524. The normalized spacial score (nSPS) is 20.2. The molecule has 3 heterocycles. The number of hydrogen-bond donors (Lipinski definition) is 0. The zero-order chi connectivity index (χ0) is 15.0. The second kappa shape index (κ2) is 5.23. The summed E-state index contributed by atoms with van der Waals surface area (Å²) in [6.07, 6.45) is 1.67. The molecule has 0 radical (unpaired) electrons. The third-order valence-electron chi connectivity index (χ3n) is 3.61. The van der Waals surface area contributed by atoms with Gasteiger partial charge in [-0.25, -0.2) is 8.42 Å². The molecule has 3 rings (SSSR count). The quantitative estimate of drug-likeness (QED) is 0.820. The minimum Gasteiger partial charge on any atom is -0.339 e. The van der Waals surface area contributed by atoms with Crippen LogP contribution < -0.4 is 0 Å². The third kappa shape index (κ3) is 2.70. The van der Waals surface area contributed by atoms with Gasteiger partial charge in [-0.1, -0.05) is 5.16 Å². The number of fused-ring (bicyclic) bond motifs is 1. The molecule has 0 N–H and O–H groups in total. The average molecular weight is 311 g/mol. The van der Waals surface area contributed by atoms with E-state index in [4.69, 9.17) is 4.52 Å². The molecule has 114 valence electrons. The largest absolute Gasteiger partial charge is 0.339 e. The fourth-order valence-electron chi connectivity index (χ4n) is 2.45. The zero-order valence-electron chi connectivity index (χ0n) is 11.9. The molecule has 0 amide bonds. The predicted molar refractivity (Wildman–Crippen MR) is 73.9 cm³/mol. The summed E-state index contributed by atoms with van der Waals surface area (Å²) in [6, 6.07) is 1.83. The molecule has 1 aliphatic heterocycles. The molecule has 0 spiro atoms. The Balaban J connectivity index is 1.99. The molecule has 21 heavy (non-hydrogen) atoms. The maximum absolute atomic E-state index is 12.3. The van der Waals surface area contributed by atoms with E-state index in [1.54, 1.807) is 24.7 Å². The monoisotopic (exact) mass is 311 g/mol. The maximum atomic E-state index is 12.3. The molecule has 2 aromatic rings. The second-order valence-electron chi connectivity index (χ2n) is 5.07. The van der Waals surface area contributed by atoms with Crippen molar-refractivity contribution in [3.05, 3.63) is 29.7 Å². The van der Waals surface area contributed by atoms with E-state index in [9.17, 15) is 8.42 Å². The van der Waals surface area contributed by atoms with Crippen LogP contribution in [-0.2, 0) is 23.1 Å². The van der Waals surface area contributed by atoms with Crippen molar-refractivity contribution in [1.82, 2.24) is 24.2 Å². The van der Waals surface area contributed by atoms with Gasteiger partial charge >= 0.3 is 0 Å². The van der Waals surface area contributed by atoms with Crippen LogP contribution in [0, 0.1) is 6.92 Å². The number of aromatic nitrogens is 4. The van der Waals surface area contributed by atoms with E-state index in [2.05, 4.69) is 15.2 Å². The van der Waals surface area contributed by atoms with Crippen molar-refractivity contribution >= 4 is 10.0 Å². The van der Waals surface area contributed by atoms with Crippen LogP contribution >= 0.6 is 0 Å². The maximum Gasteiger partial charge on any atom is 0.232 e. The van der Waals surface area contributed by atoms with E-state index in [0.717, 1.165) is 5.69 Å². The highest BCUT2D eigenvalue weighted by Gasteiger charge is 2.32. The molecule has 0 aromatic carbocycles. The lowest BCUT2D eigenvalue weighted by atomic mass is 10.1. The lowest BCUT2D eigenvalue weighted by molar-refractivity contribution is 0.307. The number of sulfonamides is 1. The van der Waals surface area contributed by atoms with Crippen LogP contribution in [0.2, 0.25) is 0 Å². The summed E-state index contributed by atoms with van der Waals surface area (Å²) in [6.45, 7) is 4.55. The number of nitrogens with zero attached hydrogens (tertiary/aromatic N) is 5. The lowest BCUT2D eigenvalue weighted by Gasteiger charge is -2.21. The molecule has 9 heteroatoms. The summed E-state index contributed by atoms with van der Waals surface area (Å²) >= 11 is 0. The Kier molecular flexibility index (Phi) is 3.54. The van der Waals surface area contributed by atoms with Crippen LogP contribution in [-0.4, -0.2) is 44.9 Å². The second-order valence-corrected chi connectivity index (χ2v) is 7.33. The van der Waals surface area contributed by atoms with Crippen LogP contribution in [0.1, 0.15) is 30.3 Å². The number of aryl methyl sites for hydroxylation is 1. The first-order valence-electron chi connectivity index (χ1n) is 6.78. The van der Waals surface area contributed by atoms with E-state index >= 15 is 0 Å². The summed E-state index contributed by atoms with van der Waals surface area (Å²) in [5.74, 6) is 0.858. The Bertz CT molecular complexity index is 736. The smallest absolute Gasteiger partial charge is 0.232 e. The molecule has 0 bridgehead atoms. The van der Waals surface area contributed by atoms with E-state index < -0.39 is 10.0 Å². The Morgan fingerprint density at radius 2 is 2.24 bits per heavy atom. The van der Waals surface area contributed by atoms with Gasteiger partial charge < -0.3 is 4.52 Å². The van der Waals surface area contributed by atoms with Crippen LogP contribution in [0.3, 0.4) is 0 Å². The highest BCUT2D eigenvalue weighted by molar-refractivity contribution is 7.89. The van der Waals surface area contributed by atoms with Crippen molar-refractivity contribution < 1.29 is 12.9 Å². The van der Waals surface area contributed by atoms with Gasteiger partial charge in [0, 0.05) is 12.7 Å². The number of rotatable bonds is 3. The van der Waals surface area contributed by atoms with Crippen molar-refractivity contribution in [2.75, 3.05) is 12.3 Å². The highest BCUT2D eigenvalue weighted by Crippen LogP contribution is 2.25. The van der Waals surface area contributed by atoms with Crippen molar-refractivity contribution in [2.45, 2.75) is 32.9 Å². The van der Waals surface area contributed by atoms with E-state index in [-0.39, 0.29) is 11.7 Å². The van der Waals surface area contributed by atoms with Gasteiger partial charge in [0.1, 0.15) is 0 Å². The fourth-order valence-corrected chi connectivity index (χ4v) is 3.55. The van der Waals surface area contributed by atoms with Gasteiger partial charge in [-0.15, -0.1) is 0 Å². The van der Waals surface area contributed by atoms with E-state index in [1.807, 2.05) is 6.07 Å². The van der Waals surface area contributed by atoms with E-state index in [1.165, 1.54) is 4.31 Å². The molecular formula is C12H17N5O3S. The summed E-state index contributed by atoms with van der Waals surface area (Å²) in [5.41, 5.74) is 0.866. The molecule has 8 nitrogen and oxygen atoms in total. The van der Waals surface area contributed by atoms with Gasteiger partial charge in [0.15, 0.2) is 5.82 Å². The van der Waals surface area contributed by atoms with Gasteiger partial charge in [0.05, 0.1) is 30.5 Å². The summed E-state index contributed by atoms with van der Waals surface area (Å²) < 4.78 is 33.0. The highest BCUT2D eigenvalue weighted by atomic mass is 32.2. The van der Waals surface area contributed by atoms with Gasteiger partial charge in [-0.2, -0.15) is 14.4 Å². The molecular weight excluding hydrogens is 294 g/mol. The van der Waals surface area contributed by atoms with Crippen molar-refractivity contribution in [1.29, 1.82) is 0 Å². The minimum absolute atomic E-state index is 0.0662. The Labute approximate surface area is 122 Å². The molecule has 0 saturated heterocycles. The first-order valence-corrected chi connectivity index (χ1v) is 8.39. The SMILES string of the molecule is CCS(=O)(=O)N1Cc2ccnn2C[C@H](c2nc(C)no2)C1. The van der Waals surface area contributed by atoms with Crippen molar-refractivity contribution in [2.24, 2.45) is 0 Å². The van der Waals surface area contributed by atoms with Crippen molar-refractivity contribution in [3.63, 3.8) is 0 Å². The summed E-state index contributed by atoms with van der Waals surface area (Å²) in [7, 11) is -3.30. The molecule has 0 saturated carbocycles. The molecule has 0 aliphatic carbocycles. The summed E-state index contributed by atoms with van der Waals surface area (Å²) in [5, 5.41) is 8.04. The Morgan fingerprint density at radius 3 is 2.90 bits per heavy atom. The molecule has 1 atom stereocenters.